The molecule has 0 aliphatic heterocycles. The summed E-state index contributed by atoms with van der Waals surface area (Å²) in [6.07, 6.45) is -4.33. The molecule has 1 aromatic heterocycles. The number of nitro benzene ring substituents is 1. The van der Waals surface area contributed by atoms with Crippen molar-refractivity contribution < 1.29 is 26.5 Å². The van der Waals surface area contributed by atoms with Gasteiger partial charge in [0.25, 0.3) is 5.69 Å². The average Bonchev–Trinajstić information content (AvgIpc) is 2.46. The van der Waals surface area contributed by atoms with Crippen LogP contribution in [0.3, 0.4) is 0 Å². The van der Waals surface area contributed by atoms with E-state index in [9.17, 15) is 31.7 Å². The van der Waals surface area contributed by atoms with Crippen LogP contribution in [0.1, 0.15) is 5.69 Å². The number of rotatable bonds is 3. The zero-order chi connectivity index (χ0) is 16.5. The molecular weight excluding hydrogens is 327 g/mol. The van der Waals surface area contributed by atoms with Crippen LogP contribution in [0.2, 0.25) is 0 Å². The second-order valence-corrected chi connectivity index (χ2v) is 5.89. The summed E-state index contributed by atoms with van der Waals surface area (Å²) in [4.78, 5) is 15.6. The highest BCUT2D eigenvalue weighted by Crippen LogP contribution is 2.29. The zero-order valence-electron chi connectivity index (χ0n) is 10.5. The van der Waals surface area contributed by atoms with Crippen molar-refractivity contribution in [3.05, 3.63) is 52.5 Å². The first kappa shape index (κ1) is 15.8. The Bertz CT molecular complexity index is 819. The van der Waals surface area contributed by atoms with E-state index in [0.717, 1.165) is 24.3 Å². The van der Waals surface area contributed by atoms with E-state index in [1.165, 1.54) is 0 Å². The van der Waals surface area contributed by atoms with Gasteiger partial charge in [0, 0.05) is 18.2 Å². The van der Waals surface area contributed by atoms with Crippen molar-refractivity contribution in [2.75, 3.05) is 0 Å². The number of nitrogens with zero attached hydrogens (tertiary/aromatic N) is 3. The fraction of sp³-hybridized carbons (Fsp3) is 0.0909. The number of alkyl halides is 3. The molecule has 0 amide bonds. The summed E-state index contributed by atoms with van der Waals surface area (Å²) in [6.45, 7) is 0. The van der Waals surface area contributed by atoms with Crippen LogP contribution in [0.4, 0.5) is 18.9 Å². The van der Waals surface area contributed by atoms with Gasteiger partial charge in [-0.3, -0.25) is 10.1 Å². The minimum Gasteiger partial charge on any atom is -0.258 e. The molecule has 0 atom stereocenters. The molecule has 0 unspecified atom stereocenters. The molecule has 7 nitrogen and oxygen atoms in total. The van der Waals surface area contributed by atoms with E-state index in [1.807, 2.05) is 0 Å². The molecule has 0 saturated heterocycles. The summed E-state index contributed by atoms with van der Waals surface area (Å²) in [5.74, 6) is 0. The van der Waals surface area contributed by atoms with E-state index in [-0.39, 0.29) is 5.69 Å². The highest BCUT2D eigenvalue weighted by atomic mass is 32.2. The van der Waals surface area contributed by atoms with Crippen molar-refractivity contribution >= 4 is 15.5 Å². The summed E-state index contributed by atoms with van der Waals surface area (Å²) in [7, 11) is -4.34. The Kier molecular flexibility index (Phi) is 3.83. The summed E-state index contributed by atoms with van der Waals surface area (Å²) < 4.78 is 62.0. The van der Waals surface area contributed by atoms with Crippen LogP contribution in [-0.4, -0.2) is 23.3 Å². The topological polar surface area (TPSA) is 103 Å². The van der Waals surface area contributed by atoms with E-state index in [1.54, 1.807) is 0 Å². The van der Waals surface area contributed by atoms with Gasteiger partial charge < -0.3 is 0 Å². The van der Waals surface area contributed by atoms with Gasteiger partial charge in [0.05, 0.1) is 9.82 Å². The number of non-ortho nitro benzene ring substituents is 1. The number of nitro groups is 1. The lowest BCUT2D eigenvalue weighted by Gasteiger charge is -2.07. The smallest absolute Gasteiger partial charge is 0.258 e. The third-order valence-electron chi connectivity index (χ3n) is 2.57. The Labute approximate surface area is 121 Å². The van der Waals surface area contributed by atoms with Crippen LogP contribution in [-0.2, 0) is 16.0 Å². The lowest BCUT2D eigenvalue weighted by Crippen LogP contribution is -2.12. The Balaban J connectivity index is 2.49. The number of aromatic nitrogens is 2. The van der Waals surface area contributed by atoms with Crippen molar-refractivity contribution in [1.82, 2.24) is 9.97 Å². The van der Waals surface area contributed by atoms with Crippen molar-refractivity contribution in [2.24, 2.45) is 0 Å². The molecule has 0 N–H and O–H groups in total. The predicted molar refractivity (Wildman–Crippen MR) is 65.6 cm³/mol. The third kappa shape index (κ3) is 3.03. The second-order valence-electron chi connectivity index (χ2n) is 3.99. The van der Waals surface area contributed by atoms with Crippen LogP contribution < -0.4 is 0 Å². The Hall–Kier alpha value is -2.56. The first-order chi connectivity index (χ1) is 10.1. The van der Waals surface area contributed by atoms with Gasteiger partial charge in [0.1, 0.15) is 12.0 Å². The minimum absolute atomic E-state index is 0.302. The largest absolute Gasteiger partial charge is 0.433 e. The molecule has 0 radical (unpaired) electrons. The van der Waals surface area contributed by atoms with Gasteiger partial charge in [-0.2, -0.15) is 13.2 Å². The summed E-state index contributed by atoms with van der Waals surface area (Å²) in [5, 5.41) is 9.65. The molecule has 2 rings (SSSR count). The van der Waals surface area contributed by atoms with Gasteiger partial charge in [-0.25, -0.2) is 18.4 Å². The maximum atomic E-state index is 12.5. The number of hydrogen-bond donors (Lipinski definition) is 0. The zero-order valence-corrected chi connectivity index (χ0v) is 11.3. The van der Waals surface area contributed by atoms with Crippen LogP contribution in [0.15, 0.2) is 46.6 Å². The van der Waals surface area contributed by atoms with E-state index in [0.29, 0.717) is 12.4 Å². The molecule has 0 fully saturated rings. The molecule has 2 aromatic rings. The van der Waals surface area contributed by atoms with Gasteiger partial charge in [0.15, 0.2) is 5.03 Å². The molecule has 0 spiro atoms. The molecule has 0 aliphatic carbocycles. The Morgan fingerprint density at radius 1 is 1.09 bits per heavy atom. The normalized spacial score (nSPS) is 12.1. The number of sulfone groups is 1. The standard InChI is InChI=1S/C11H6F3N3O4S/c12-11(13,14)9-5-10(16-6-15-9)22(20,21)8-3-1-7(2-4-8)17(18)19/h1-6H. The van der Waals surface area contributed by atoms with Crippen LogP contribution in [0, 0.1) is 10.1 Å². The quantitative estimate of drug-likeness (QED) is 0.485. The first-order valence-corrected chi connectivity index (χ1v) is 6.99. The third-order valence-corrected chi connectivity index (χ3v) is 4.23. The SMILES string of the molecule is O=[N+]([O-])c1ccc(S(=O)(=O)c2cc(C(F)(F)F)ncn2)cc1. The minimum atomic E-state index is -4.82. The number of benzene rings is 1. The second kappa shape index (κ2) is 5.33. The molecule has 1 aromatic carbocycles. The molecule has 0 bridgehead atoms. The van der Waals surface area contributed by atoms with E-state index < -0.39 is 36.6 Å². The maximum absolute atomic E-state index is 12.5. The van der Waals surface area contributed by atoms with Crippen molar-refractivity contribution in [3.63, 3.8) is 0 Å². The number of hydrogen-bond acceptors (Lipinski definition) is 6. The molecule has 1 heterocycles. The lowest BCUT2D eigenvalue weighted by atomic mass is 10.3. The Morgan fingerprint density at radius 3 is 2.18 bits per heavy atom. The highest BCUT2D eigenvalue weighted by Gasteiger charge is 2.34. The van der Waals surface area contributed by atoms with Gasteiger partial charge in [0.2, 0.25) is 9.84 Å². The summed E-state index contributed by atoms with van der Waals surface area (Å²) in [6, 6.07) is 4.00. The van der Waals surface area contributed by atoms with Gasteiger partial charge in [-0.15, -0.1) is 0 Å². The predicted octanol–water partition coefficient (Wildman–Crippen LogP) is 2.24. The molecular formula is C11H6F3N3O4S. The lowest BCUT2D eigenvalue weighted by molar-refractivity contribution is -0.384. The van der Waals surface area contributed by atoms with E-state index >= 15 is 0 Å². The first-order valence-electron chi connectivity index (χ1n) is 5.51. The fourth-order valence-corrected chi connectivity index (χ4v) is 2.70. The summed E-state index contributed by atoms with van der Waals surface area (Å²) in [5.41, 5.74) is -1.75. The van der Waals surface area contributed by atoms with Crippen molar-refractivity contribution in [2.45, 2.75) is 16.1 Å². The van der Waals surface area contributed by atoms with E-state index in [2.05, 4.69) is 9.97 Å². The fourth-order valence-electron chi connectivity index (χ4n) is 1.51. The summed E-state index contributed by atoms with van der Waals surface area (Å²) >= 11 is 0. The monoisotopic (exact) mass is 333 g/mol. The van der Waals surface area contributed by atoms with E-state index in [4.69, 9.17) is 0 Å². The van der Waals surface area contributed by atoms with Crippen molar-refractivity contribution in [3.8, 4) is 0 Å². The van der Waals surface area contributed by atoms with Gasteiger partial charge in [-0.1, -0.05) is 0 Å². The van der Waals surface area contributed by atoms with Gasteiger partial charge in [-0.05, 0) is 12.1 Å². The Morgan fingerprint density at radius 2 is 1.68 bits per heavy atom. The maximum Gasteiger partial charge on any atom is 0.433 e. The van der Waals surface area contributed by atoms with Crippen LogP contribution in [0.5, 0.6) is 0 Å². The van der Waals surface area contributed by atoms with Crippen molar-refractivity contribution in [1.29, 1.82) is 0 Å². The molecule has 0 aliphatic rings. The number of halogens is 3. The van der Waals surface area contributed by atoms with Gasteiger partial charge >= 0.3 is 6.18 Å². The molecule has 116 valence electrons. The average molecular weight is 333 g/mol. The highest BCUT2D eigenvalue weighted by molar-refractivity contribution is 7.91. The molecule has 22 heavy (non-hydrogen) atoms. The molecule has 0 saturated carbocycles. The van der Waals surface area contributed by atoms with Crippen LogP contribution in [0.25, 0.3) is 0 Å². The van der Waals surface area contributed by atoms with Crippen LogP contribution >= 0.6 is 0 Å². The molecule has 11 heteroatoms.